The Labute approximate surface area is 215 Å². The van der Waals surface area contributed by atoms with Crippen LogP contribution in [-0.2, 0) is 0 Å². The Morgan fingerprint density at radius 3 is 2.50 bits per heavy atom. The molecule has 3 aromatic rings. The Hall–Kier alpha value is -3.29. The number of halogens is 1. The lowest BCUT2D eigenvalue weighted by Crippen LogP contribution is -2.47. The van der Waals surface area contributed by atoms with Gasteiger partial charge in [-0.2, -0.15) is 0 Å². The number of carbonyl (C=O) groups is 1. The first kappa shape index (κ1) is 23.1. The second-order valence-corrected chi connectivity index (χ2v) is 10.00. The molecule has 2 saturated heterocycles. The summed E-state index contributed by atoms with van der Waals surface area (Å²) in [6.07, 6.45) is 3.92. The number of methoxy groups -OCH3 is 1. The van der Waals surface area contributed by atoms with E-state index in [-0.39, 0.29) is 11.9 Å². The quantitative estimate of drug-likeness (QED) is 0.490. The maximum absolute atomic E-state index is 13.2. The summed E-state index contributed by atoms with van der Waals surface area (Å²) in [5, 5.41) is 2.67. The highest BCUT2D eigenvalue weighted by atomic mass is 35.5. The van der Waals surface area contributed by atoms with Crippen LogP contribution in [0, 0.1) is 0 Å². The Balaban J connectivity index is 1.18. The number of amides is 1. The van der Waals surface area contributed by atoms with Gasteiger partial charge >= 0.3 is 0 Å². The average molecular weight is 505 g/mol. The second kappa shape index (κ2) is 9.64. The van der Waals surface area contributed by atoms with Gasteiger partial charge in [-0.05, 0) is 72.1 Å². The average Bonchev–Trinajstić information content (AvgIpc) is 3.34. The molecule has 3 aliphatic heterocycles. The van der Waals surface area contributed by atoms with Crippen LogP contribution in [0.2, 0.25) is 5.02 Å². The minimum absolute atomic E-state index is 0.0592. The van der Waals surface area contributed by atoms with E-state index < -0.39 is 0 Å². The van der Waals surface area contributed by atoms with Gasteiger partial charge in [0.25, 0.3) is 5.91 Å². The van der Waals surface area contributed by atoms with Crippen molar-refractivity contribution >= 4 is 45.9 Å². The predicted molar refractivity (Wildman–Crippen MR) is 143 cm³/mol. The molecule has 1 unspecified atom stereocenters. The van der Waals surface area contributed by atoms with Crippen molar-refractivity contribution < 1.29 is 14.3 Å². The molecule has 3 aromatic carbocycles. The zero-order valence-electron chi connectivity index (χ0n) is 20.3. The highest BCUT2D eigenvalue weighted by Crippen LogP contribution is 2.37. The number of ether oxygens (including phenoxy) is 2. The van der Waals surface area contributed by atoms with E-state index in [4.69, 9.17) is 21.1 Å². The van der Waals surface area contributed by atoms with Crippen molar-refractivity contribution in [2.75, 3.05) is 51.5 Å². The molecule has 0 spiro atoms. The summed E-state index contributed by atoms with van der Waals surface area (Å²) in [4.78, 5) is 24.4. The van der Waals surface area contributed by atoms with Crippen molar-refractivity contribution in [3.63, 3.8) is 0 Å². The number of benzene rings is 3. The molecule has 2 fully saturated rings. The first-order chi connectivity index (χ1) is 17.6. The number of aliphatic imine (C=N–C) groups is 1. The first-order valence-corrected chi connectivity index (χ1v) is 12.8. The second-order valence-electron chi connectivity index (χ2n) is 9.56. The number of rotatable bonds is 5. The fourth-order valence-corrected chi connectivity index (χ4v) is 5.44. The molecular formula is C28H29ClN4O3. The van der Waals surface area contributed by atoms with Crippen LogP contribution in [0.4, 0.5) is 11.4 Å². The topological polar surface area (TPSA) is 57.6 Å². The van der Waals surface area contributed by atoms with Gasteiger partial charge in [-0.25, -0.2) is 0 Å². The molecule has 0 bridgehead atoms. The maximum Gasteiger partial charge on any atom is 0.256 e. The fourth-order valence-electron chi connectivity index (χ4n) is 5.31. The molecule has 0 saturated carbocycles. The highest BCUT2D eigenvalue weighted by Gasteiger charge is 2.32. The smallest absolute Gasteiger partial charge is 0.256 e. The lowest BCUT2D eigenvalue weighted by atomic mass is 10.0. The van der Waals surface area contributed by atoms with E-state index >= 15 is 0 Å². The molecule has 3 aliphatic rings. The third-order valence-corrected chi connectivity index (χ3v) is 7.63. The van der Waals surface area contributed by atoms with Crippen molar-refractivity contribution in [2.45, 2.75) is 18.9 Å². The van der Waals surface area contributed by atoms with Crippen molar-refractivity contribution in [3.8, 4) is 11.5 Å². The summed E-state index contributed by atoms with van der Waals surface area (Å²) in [5.74, 6) is 1.41. The van der Waals surface area contributed by atoms with Crippen LogP contribution < -0.4 is 14.4 Å². The normalized spacial score (nSPS) is 19.8. The minimum atomic E-state index is 0.0592. The van der Waals surface area contributed by atoms with Gasteiger partial charge < -0.3 is 19.3 Å². The molecule has 1 amide bonds. The van der Waals surface area contributed by atoms with Crippen LogP contribution in [0.3, 0.4) is 0 Å². The molecule has 186 valence electrons. The summed E-state index contributed by atoms with van der Waals surface area (Å²) >= 11 is 6.03. The molecule has 36 heavy (non-hydrogen) atoms. The summed E-state index contributed by atoms with van der Waals surface area (Å²) in [6.45, 7) is 4.93. The number of anilines is 1. The molecule has 1 atom stereocenters. The zero-order valence-corrected chi connectivity index (χ0v) is 21.1. The van der Waals surface area contributed by atoms with Crippen LogP contribution in [-0.4, -0.2) is 74.5 Å². The molecule has 6 rings (SSSR count). The van der Waals surface area contributed by atoms with Crippen LogP contribution in [0.15, 0.2) is 53.5 Å². The third-order valence-electron chi connectivity index (χ3n) is 7.38. The first-order valence-electron chi connectivity index (χ1n) is 12.5. The summed E-state index contributed by atoms with van der Waals surface area (Å²) < 4.78 is 11.9. The van der Waals surface area contributed by atoms with Gasteiger partial charge in [-0.1, -0.05) is 11.6 Å². The van der Waals surface area contributed by atoms with Gasteiger partial charge in [-0.15, -0.1) is 0 Å². The number of nitrogens with zero attached hydrogens (tertiary/aromatic N) is 4. The van der Waals surface area contributed by atoms with Gasteiger partial charge in [0.1, 0.15) is 6.73 Å². The number of carbonyl (C=O) groups excluding carboxylic acids is 1. The van der Waals surface area contributed by atoms with Gasteiger partial charge in [0.2, 0.25) is 0 Å². The van der Waals surface area contributed by atoms with Crippen LogP contribution >= 0.6 is 11.6 Å². The summed E-state index contributed by atoms with van der Waals surface area (Å²) in [6, 6.07) is 16.0. The van der Waals surface area contributed by atoms with E-state index in [1.165, 1.54) is 5.69 Å². The molecule has 7 nitrogen and oxygen atoms in total. The molecule has 0 radical (unpaired) electrons. The molecule has 3 heterocycles. The lowest BCUT2D eigenvalue weighted by Gasteiger charge is -2.35. The van der Waals surface area contributed by atoms with Crippen molar-refractivity contribution in [1.29, 1.82) is 0 Å². The fraction of sp³-hybridized carbons (Fsp3) is 0.357. The number of hydrogen-bond acceptors (Lipinski definition) is 6. The van der Waals surface area contributed by atoms with E-state index in [1.54, 1.807) is 7.11 Å². The molecule has 0 aliphatic carbocycles. The SMILES string of the molecule is COc1cc2cc3c(cc2cc1OCN1CCN(c2ccc(Cl)cc2)CC1)N=CC1CCCN1C3=O. The third kappa shape index (κ3) is 4.38. The van der Waals surface area contributed by atoms with Gasteiger partial charge in [-0.3, -0.25) is 14.7 Å². The lowest BCUT2D eigenvalue weighted by molar-refractivity contribution is 0.0775. The standard InChI is InChI=1S/C28H29ClN4O3/c1-35-26-15-19-13-24-25(30-17-23-3-2-8-33(23)28(24)34)14-20(19)16-27(26)36-18-31-9-11-32(12-10-31)22-6-4-21(29)5-7-22/h4-7,13-17,23H,2-3,8-12,18H2,1H3. The minimum Gasteiger partial charge on any atom is -0.493 e. The van der Waals surface area contributed by atoms with Gasteiger partial charge in [0.05, 0.1) is 24.4 Å². The Morgan fingerprint density at radius 1 is 0.972 bits per heavy atom. The van der Waals surface area contributed by atoms with Gasteiger partial charge in [0, 0.05) is 49.6 Å². The highest BCUT2D eigenvalue weighted by molar-refractivity contribution is 6.30. The predicted octanol–water partition coefficient (Wildman–Crippen LogP) is 4.98. The van der Waals surface area contributed by atoms with E-state index in [9.17, 15) is 4.79 Å². The Kier molecular flexibility index (Phi) is 6.19. The Bertz CT molecular complexity index is 1320. The van der Waals surface area contributed by atoms with Gasteiger partial charge in [0.15, 0.2) is 11.5 Å². The largest absolute Gasteiger partial charge is 0.493 e. The monoisotopic (exact) mass is 504 g/mol. The van der Waals surface area contributed by atoms with E-state index in [0.29, 0.717) is 23.8 Å². The summed E-state index contributed by atoms with van der Waals surface area (Å²) in [5.41, 5.74) is 2.56. The van der Waals surface area contributed by atoms with Crippen LogP contribution in [0.5, 0.6) is 11.5 Å². The molecule has 8 heteroatoms. The molecule has 0 aromatic heterocycles. The molecular weight excluding hydrogens is 476 g/mol. The van der Waals surface area contributed by atoms with E-state index in [0.717, 1.165) is 67.0 Å². The zero-order chi connectivity index (χ0) is 24.6. The Morgan fingerprint density at radius 2 is 1.72 bits per heavy atom. The van der Waals surface area contributed by atoms with Crippen LogP contribution in [0.1, 0.15) is 23.2 Å². The molecule has 0 N–H and O–H groups in total. The number of piperazine rings is 1. The summed E-state index contributed by atoms with van der Waals surface area (Å²) in [7, 11) is 1.65. The van der Waals surface area contributed by atoms with E-state index in [2.05, 4.69) is 26.9 Å². The maximum atomic E-state index is 13.2. The van der Waals surface area contributed by atoms with Crippen molar-refractivity contribution in [1.82, 2.24) is 9.80 Å². The van der Waals surface area contributed by atoms with Crippen LogP contribution in [0.25, 0.3) is 10.8 Å². The number of hydrogen-bond donors (Lipinski definition) is 0. The van der Waals surface area contributed by atoms with E-state index in [1.807, 2.05) is 47.5 Å². The van der Waals surface area contributed by atoms with Crippen molar-refractivity contribution in [2.24, 2.45) is 4.99 Å². The number of fused-ring (bicyclic) bond motifs is 3. The van der Waals surface area contributed by atoms with Crippen molar-refractivity contribution in [3.05, 3.63) is 59.1 Å².